The first-order valence-corrected chi connectivity index (χ1v) is 3.65. The van der Waals surface area contributed by atoms with Crippen LogP contribution in [0.4, 0.5) is 0 Å². The van der Waals surface area contributed by atoms with Crippen molar-refractivity contribution in [1.29, 1.82) is 5.26 Å². The van der Waals surface area contributed by atoms with Gasteiger partial charge < -0.3 is 0 Å². The summed E-state index contributed by atoms with van der Waals surface area (Å²) in [4.78, 5) is 1.69. The standard InChI is InChI=1S/C7H8N4/c8-5-6-3-7(4-6)11-9-1-2-10-11/h1-2,6-7H,3-4H2/t6-,7-. The highest BCUT2D eigenvalue weighted by atomic mass is 15.5. The van der Waals surface area contributed by atoms with Crippen molar-refractivity contribution < 1.29 is 0 Å². The topological polar surface area (TPSA) is 54.5 Å². The van der Waals surface area contributed by atoms with Crippen molar-refractivity contribution in [3.63, 3.8) is 0 Å². The molecular formula is C7H8N4. The first kappa shape index (κ1) is 6.35. The average molecular weight is 148 g/mol. The molecule has 1 heterocycles. The maximum absolute atomic E-state index is 8.50. The van der Waals surface area contributed by atoms with Crippen molar-refractivity contribution in [2.24, 2.45) is 5.92 Å². The van der Waals surface area contributed by atoms with Crippen molar-refractivity contribution in [2.75, 3.05) is 0 Å². The highest BCUT2D eigenvalue weighted by Crippen LogP contribution is 2.35. The molecule has 0 aliphatic heterocycles. The van der Waals surface area contributed by atoms with Gasteiger partial charge in [-0.3, -0.25) is 0 Å². The lowest BCUT2D eigenvalue weighted by Crippen LogP contribution is -2.27. The van der Waals surface area contributed by atoms with E-state index in [0.717, 1.165) is 12.8 Å². The molecule has 0 unspecified atom stereocenters. The predicted octanol–water partition coefficient (Wildman–Crippen LogP) is 0.753. The lowest BCUT2D eigenvalue weighted by molar-refractivity contribution is 0.209. The van der Waals surface area contributed by atoms with Crippen molar-refractivity contribution in [2.45, 2.75) is 18.9 Å². The van der Waals surface area contributed by atoms with Crippen LogP contribution in [0.15, 0.2) is 12.4 Å². The zero-order valence-electron chi connectivity index (χ0n) is 6.01. The van der Waals surface area contributed by atoms with E-state index in [0.29, 0.717) is 6.04 Å². The SMILES string of the molecule is N#C[C@H]1C[C@H](n2nccn2)C1. The number of hydrogen-bond donors (Lipinski definition) is 0. The van der Waals surface area contributed by atoms with Crippen LogP contribution in [0.2, 0.25) is 0 Å². The summed E-state index contributed by atoms with van der Waals surface area (Å²) >= 11 is 0. The lowest BCUT2D eigenvalue weighted by Gasteiger charge is -2.29. The number of rotatable bonds is 1. The van der Waals surface area contributed by atoms with Crippen LogP contribution >= 0.6 is 0 Å². The van der Waals surface area contributed by atoms with E-state index >= 15 is 0 Å². The fourth-order valence-corrected chi connectivity index (χ4v) is 1.30. The molecule has 1 aromatic rings. The van der Waals surface area contributed by atoms with Crippen LogP contribution in [0.1, 0.15) is 18.9 Å². The van der Waals surface area contributed by atoms with Gasteiger partial charge in [0.15, 0.2) is 0 Å². The molecule has 0 N–H and O–H groups in total. The van der Waals surface area contributed by atoms with Crippen LogP contribution in [0.25, 0.3) is 0 Å². The third-order valence-electron chi connectivity index (χ3n) is 2.06. The Morgan fingerprint density at radius 3 is 2.55 bits per heavy atom. The van der Waals surface area contributed by atoms with Crippen LogP contribution in [-0.4, -0.2) is 15.0 Å². The van der Waals surface area contributed by atoms with Gasteiger partial charge in [-0.05, 0) is 12.8 Å². The Kier molecular flexibility index (Phi) is 1.35. The minimum Gasteiger partial charge on any atom is -0.198 e. The van der Waals surface area contributed by atoms with Gasteiger partial charge in [0.25, 0.3) is 0 Å². The fourth-order valence-electron chi connectivity index (χ4n) is 1.30. The average Bonchev–Trinajstić information content (AvgIpc) is 2.37. The predicted molar refractivity (Wildman–Crippen MR) is 37.4 cm³/mol. The monoisotopic (exact) mass is 148 g/mol. The second kappa shape index (κ2) is 2.35. The molecule has 0 amide bonds. The molecule has 1 aliphatic rings. The highest BCUT2D eigenvalue weighted by molar-refractivity contribution is 4.95. The smallest absolute Gasteiger partial charge is 0.0741 e. The van der Waals surface area contributed by atoms with Gasteiger partial charge in [0, 0.05) is 0 Å². The Bertz CT molecular complexity index is 265. The molecular weight excluding hydrogens is 140 g/mol. The van der Waals surface area contributed by atoms with Crippen molar-refractivity contribution in [3.05, 3.63) is 12.4 Å². The Hall–Kier alpha value is -1.37. The highest BCUT2D eigenvalue weighted by Gasteiger charge is 2.31. The summed E-state index contributed by atoms with van der Waals surface area (Å²) in [6, 6.07) is 2.59. The van der Waals surface area contributed by atoms with E-state index in [4.69, 9.17) is 5.26 Å². The van der Waals surface area contributed by atoms with Gasteiger partial charge >= 0.3 is 0 Å². The molecule has 4 nitrogen and oxygen atoms in total. The zero-order chi connectivity index (χ0) is 7.68. The van der Waals surface area contributed by atoms with Gasteiger partial charge in [0.05, 0.1) is 30.4 Å². The molecule has 2 rings (SSSR count). The van der Waals surface area contributed by atoms with Gasteiger partial charge in [0.2, 0.25) is 0 Å². The Balaban J connectivity index is 1.99. The largest absolute Gasteiger partial charge is 0.198 e. The van der Waals surface area contributed by atoms with E-state index in [1.54, 1.807) is 17.2 Å². The summed E-state index contributed by atoms with van der Waals surface area (Å²) in [6.45, 7) is 0. The molecule has 1 saturated carbocycles. The number of nitrogens with zero attached hydrogens (tertiary/aromatic N) is 4. The zero-order valence-corrected chi connectivity index (χ0v) is 6.01. The first-order chi connectivity index (χ1) is 5.40. The normalized spacial score (nSPS) is 29.0. The number of aromatic nitrogens is 3. The summed E-state index contributed by atoms with van der Waals surface area (Å²) in [7, 11) is 0. The molecule has 56 valence electrons. The Morgan fingerprint density at radius 1 is 1.36 bits per heavy atom. The van der Waals surface area contributed by atoms with Gasteiger partial charge in [-0.2, -0.15) is 20.3 Å². The third kappa shape index (κ3) is 0.984. The van der Waals surface area contributed by atoms with Crippen LogP contribution in [0.3, 0.4) is 0 Å². The van der Waals surface area contributed by atoms with Gasteiger partial charge in [0.1, 0.15) is 0 Å². The lowest BCUT2D eigenvalue weighted by atomic mass is 9.82. The van der Waals surface area contributed by atoms with Crippen molar-refractivity contribution >= 4 is 0 Å². The van der Waals surface area contributed by atoms with E-state index in [9.17, 15) is 0 Å². The van der Waals surface area contributed by atoms with Crippen LogP contribution in [0.5, 0.6) is 0 Å². The van der Waals surface area contributed by atoms with Gasteiger partial charge in [-0.1, -0.05) is 0 Å². The van der Waals surface area contributed by atoms with E-state index in [1.165, 1.54) is 0 Å². The maximum atomic E-state index is 8.50. The van der Waals surface area contributed by atoms with E-state index in [1.807, 2.05) is 0 Å². The molecule has 1 aliphatic carbocycles. The van der Waals surface area contributed by atoms with Crippen molar-refractivity contribution in [1.82, 2.24) is 15.0 Å². The molecule has 0 bridgehead atoms. The molecule has 0 saturated heterocycles. The summed E-state index contributed by atoms with van der Waals surface area (Å²) in [5.74, 6) is 0.228. The summed E-state index contributed by atoms with van der Waals surface area (Å²) in [6.07, 6.45) is 5.15. The Morgan fingerprint density at radius 2 is 2.00 bits per heavy atom. The van der Waals surface area contributed by atoms with Gasteiger partial charge in [-0.25, -0.2) is 0 Å². The van der Waals surface area contributed by atoms with E-state index in [2.05, 4.69) is 16.3 Å². The minimum atomic E-state index is 0.228. The minimum absolute atomic E-state index is 0.228. The first-order valence-electron chi connectivity index (χ1n) is 3.65. The molecule has 1 aromatic heterocycles. The maximum Gasteiger partial charge on any atom is 0.0741 e. The third-order valence-corrected chi connectivity index (χ3v) is 2.06. The van der Waals surface area contributed by atoms with Gasteiger partial charge in [-0.15, -0.1) is 0 Å². The van der Waals surface area contributed by atoms with E-state index < -0.39 is 0 Å². The van der Waals surface area contributed by atoms with E-state index in [-0.39, 0.29) is 5.92 Å². The number of nitriles is 1. The number of hydrogen-bond acceptors (Lipinski definition) is 3. The van der Waals surface area contributed by atoms with Crippen LogP contribution in [-0.2, 0) is 0 Å². The summed E-state index contributed by atoms with van der Waals surface area (Å²) < 4.78 is 0. The van der Waals surface area contributed by atoms with Crippen LogP contribution < -0.4 is 0 Å². The Labute approximate surface area is 64.4 Å². The molecule has 4 heteroatoms. The molecule has 0 spiro atoms. The second-order valence-electron chi connectivity index (χ2n) is 2.80. The molecule has 1 fully saturated rings. The van der Waals surface area contributed by atoms with Crippen molar-refractivity contribution in [3.8, 4) is 6.07 Å². The molecule has 0 aromatic carbocycles. The molecule has 0 radical (unpaired) electrons. The fraction of sp³-hybridized carbons (Fsp3) is 0.571. The molecule has 0 atom stereocenters. The second-order valence-corrected chi connectivity index (χ2v) is 2.80. The quantitative estimate of drug-likeness (QED) is 0.590. The van der Waals surface area contributed by atoms with Crippen LogP contribution in [0, 0.1) is 17.2 Å². The molecule has 11 heavy (non-hydrogen) atoms. The summed E-state index contributed by atoms with van der Waals surface area (Å²) in [5.41, 5.74) is 0. The summed E-state index contributed by atoms with van der Waals surface area (Å²) in [5, 5.41) is 16.5.